The molecule has 0 spiro atoms. The Kier molecular flexibility index (Phi) is 4.07. The molecule has 1 unspecified atom stereocenters. The van der Waals surface area contributed by atoms with Crippen LogP contribution in [0.25, 0.3) is 11.0 Å². The molecule has 1 saturated heterocycles. The van der Waals surface area contributed by atoms with Crippen LogP contribution in [0.3, 0.4) is 0 Å². The van der Waals surface area contributed by atoms with E-state index >= 15 is 0 Å². The fourth-order valence-corrected chi connectivity index (χ4v) is 3.85. The maximum atomic E-state index is 12.8. The molecular formula is C19H17N5O6. The third-order valence-electron chi connectivity index (χ3n) is 5.38. The van der Waals surface area contributed by atoms with E-state index in [9.17, 15) is 19.5 Å². The molecule has 1 fully saturated rings. The van der Waals surface area contributed by atoms with Crippen molar-refractivity contribution in [2.75, 3.05) is 6.61 Å². The summed E-state index contributed by atoms with van der Waals surface area (Å²) in [7, 11) is 0. The number of amides is 2. The van der Waals surface area contributed by atoms with Gasteiger partial charge in [-0.3, -0.25) is 14.4 Å². The molecule has 0 bridgehead atoms. The highest BCUT2D eigenvalue weighted by atomic mass is 16.6. The fourth-order valence-electron chi connectivity index (χ4n) is 3.85. The van der Waals surface area contributed by atoms with E-state index in [2.05, 4.69) is 20.3 Å². The number of ether oxygens (including phenoxy) is 1. The number of rotatable bonds is 3. The zero-order valence-corrected chi connectivity index (χ0v) is 15.9. The first-order valence-corrected chi connectivity index (χ1v) is 9.34. The molecule has 2 amide bonds. The number of carbonyl (C=O) groups excluding carboxylic acids is 2. The van der Waals surface area contributed by atoms with E-state index in [1.165, 1.54) is 15.7 Å². The number of fused-ring (bicyclic) bond motifs is 3. The number of aromatic hydroxyl groups is 1. The van der Waals surface area contributed by atoms with Crippen molar-refractivity contribution in [1.82, 2.24) is 25.1 Å². The average molecular weight is 411 g/mol. The SMILES string of the molecule is C[C@H]1COC2Cn3cc(C(=O)NCc4ccc5nonc5c4)c(=O)c(O)c3C(=O)N21. The molecule has 154 valence electrons. The van der Waals surface area contributed by atoms with Crippen molar-refractivity contribution < 1.29 is 24.1 Å². The lowest BCUT2D eigenvalue weighted by Crippen LogP contribution is -2.49. The van der Waals surface area contributed by atoms with Crippen LogP contribution in [0.1, 0.15) is 33.3 Å². The number of nitrogens with one attached hydrogen (secondary N) is 1. The van der Waals surface area contributed by atoms with Crippen molar-refractivity contribution in [3.63, 3.8) is 0 Å². The summed E-state index contributed by atoms with van der Waals surface area (Å²) in [6, 6.07) is 4.99. The summed E-state index contributed by atoms with van der Waals surface area (Å²) in [5.74, 6) is -1.90. The Hall–Kier alpha value is -3.73. The Labute approximate surface area is 168 Å². The van der Waals surface area contributed by atoms with E-state index in [0.29, 0.717) is 17.6 Å². The second kappa shape index (κ2) is 6.66. The van der Waals surface area contributed by atoms with Crippen LogP contribution in [0.2, 0.25) is 0 Å². The molecule has 2 aliphatic heterocycles. The van der Waals surface area contributed by atoms with Crippen molar-refractivity contribution in [3.05, 3.63) is 51.4 Å². The molecule has 11 heteroatoms. The summed E-state index contributed by atoms with van der Waals surface area (Å²) in [4.78, 5) is 39.5. The van der Waals surface area contributed by atoms with Crippen LogP contribution in [-0.4, -0.2) is 55.6 Å². The molecule has 30 heavy (non-hydrogen) atoms. The minimum absolute atomic E-state index is 0.125. The first-order chi connectivity index (χ1) is 14.4. The number of nitrogens with zero attached hydrogens (tertiary/aromatic N) is 4. The van der Waals surface area contributed by atoms with Gasteiger partial charge in [-0.15, -0.1) is 0 Å². The van der Waals surface area contributed by atoms with Crippen molar-refractivity contribution in [2.24, 2.45) is 0 Å². The molecule has 5 rings (SSSR count). The third-order valence-corrected chi connectivity index (χ3v) is 5.38. The van der Waals surface area contributed by atoms with E-state index in [1.807, 2.05) is 6.92 Å². The summed E-state index contributed by atoms with van der Waals surface area (Å²) in [6.07, 6.45) is 0.791. The number of aromatic nitrogens is 3. The lowest BCUT2D eigenvalue weighted by Gasteiger charge is -2.33. The molecule has 0 aliphatic carbocycles. The lowest BCUT2D eigenvalue weighted by molar-refractivity contribution is 0.00624. The second-order valence-corrected chi connectivity index (χ2v) is 7.34. The highest BCUT2D eigenvalue weighted by molar-refractivity contribution is 5.99. The summed E-state index contributed by atoms with van der Waals surface area (Å²) in [5.41, 5.74) is 0.580. The quantitative estimate of drug-likeness (QED) is 0.624. The van der Waals surface area contributed by atoms with Crippen molar-refractivity contribution in [3.8, 4) is 5.75 Å². The van der Waals surface area contributed by atoms with Gasteiger partial charge >= 0.3 is 0 Å². The average Bonchev–Trinajstić information content (AvgIpc) is 3.35. The van der Waals surface area contributed by atoms with Gasteiger partial charge in [0.25, 0.3) is 11.8 Å². The maximum Gasteiger partial charge on any atom is 0.276 e. The Balaban J connectivity index is 1.42. The van der Waals surface area contributed by atoms with Crippen molar-refractivity contribution >= 4 is 22.8 Å². The number of hydrogen-bond acceptors (Lipinski definition) is 8. The third kappa shape index (κ3) is 2.74. The van der Waals surface area contributed by atoms with Crippen LogP contribution in [-0.2, 0) is 17.8 Å². The molecule has 4 heterocycles. The lowest BCUT2D eigenvalue weighted by atomic mass is 10.1. The van der Waals surface area contributed by atoms with Crippen LogP contribution >= 0.6 is 0 Å². The minimum Gasteiger partial charge on any atom is -0.503 e. The van der Waals surface area contributed by atoms with E-state index in [4.69, 9.17) is 4.74 Å². The molecule has 2 aromatic heterocycles. The number of benzene rings is 1. The fraction of sp³-hybridized carbons (Fsp3) is 0.316. The van der Waals surface area contributed by atoms with Gasteiger partial charge in [0.1, 0.15) is 16.6 Å². The zero-order chi connectivity index (χ0) is 21.0. The van der Waals surface area contributed by atoms with Gasteiger partial charge in [0.2, 0.25) is 5.43 Å². The zero-order valence-electron chi connectivity index (χ0n) is 15.9. The number of carbonyl (C=O) groups is 2. The molecular weight excluding hydrogens is 394 g/mol. The van der Waals surface area contributed by atoms with E-state index in [1.54, 1.807) is 18.2 Å². The molecule has 0 saturated carbocycles. The second-order valence-electron chi connectivity index (χ2n) is 7.34. The Morgan fingerprint density at radius 1 is 1.30 bits per heavy atom. The van der Waals surface area contributed by atoms with Gasteiger partial charge in [0, 0.05) is 12.7 Å². The first-order valence-electron chi connectivity index (χ1n) is 9.34. The van der Waals surface area contributed by atoms with Gasteiger partial charge in [-0.05, 0) is 34.9 Å². The van der Waals surface area contributed by atoms with E-state index < -0.39 is 29.2 Å². The van der Waals surface area contributed by atoms with Gasteiger partial charge in [0.15, 0.2) is 17.7 Å². The maximum absolute atomic E-state index is 12.8. The molecule has 0 radical (unpaired) electrons. The first kappa shape index (κ1) is 18.3. The van der Waals surface area contributed by atoms with Gasteiger partial charge in [-0.25, -0.2) is 4.63 Å². The van der Waals surface area contributed by atoms with Gasteiger partial charge < -0.3 is 24.6 Å². The molecule has 2 atom stereocenters. The van der Waals surface area contributed by atoms with E-state index in [-0.39, 0.29) is 30.4 Å². The highest BCUT2D eigenvalue weighted by Crippen LogP contribution is 2.29. The Bertz CT molecular complexity index is 1250. The Morgan fingerprint density at radius 2 is 2.10 bits per heavy atom. The largest absolute Gasteiger partial charge is 0.503 e. The van der Waals surface area contributed by atoms with Crippen molar-refractivity contribution in [2.45, 2.75) is 32.3 Å². The van der Waals surface area contributed by atoms with Gasteiger partial charge in [0.05, 0.1) is 19.2 Å². The van der Waals surface area contributed by atoms with Crippen LogP contribution in [0.4, 0.5) is 0 Å². The highest BCUT2D eigenvalue weighted by Gasteiger charge is 2.42. The van der Waals surface area contributed by atoms with Crippen LogP contribution in [0.5, 0.6) is 5.75 Å². The van der Waals surface area contributed by atoms with Crippen molar-refractivity contribution in [1.29, 1.82) is 0 Å². The smallest absolute Gasteiger partial charge is 0.276 e. The number of pyridine rings is 1. The molecule has 3 aromatic rings. The molecule has 11 nitrogen and oxygen atoms in total. The van der Waals surface area contributed by atoms with Gasteiger partial charge in [-0.2, -0.15) is 0 Å². The molecule has 2 N–H and O–H groups in total. The summed E-state index contributed by atoms with van der Waals surface area (Å²) >= 11 is 0. The van der Waals surface area contributed by atoms with Crippen LogP contribution in [0, 0.1) is 0 Å². The minimum atomic E-state index is -0.894. The predicted octanol–water partition coefficient (Wildman–Crippen LogP) is 0.221. The normalized spacial score (nSPS) is 20.3. The summed E-state index contributed by atoms with van der Waals surface area (Å²) in [6.45, 7) is 2.54. The summed E-state index contributed by atoms with van der Waals surface area (Å²) in [5, 5.41) is 20.5. The predicted molar refractivity (Wildman–Crippen MR) is 101 cm³/mol. The Morgan fingerprint density at radius 3 is 2.93 bits per heavy atom. The van der Waals surface area contributed by atoms with Crippen LogP contribution < -0.4 is 10.7 Å². The van der Waals surface area contributed by atoms with Crippen LogP contribution in [0.15, 0.2) is 33.8 Å². The number of hydrogen-bond donors (Lipinski definition) is 2. The van der Waals surface area contributed by atoms with E-state index in [0.717, 1.165) is 5.56 Å². The monoisotopic (exact) mass is 411 g/mol. The molecule has 2 aliphatic rings. The topological polar surface area (TPSA) is 140 Å². The molecule has 1 aromatic carbocycles. The standard InChI is InChI=1S/C19H17N5O6/c1-9-8-29-14-7-23-6-11(16(25)17(26)15(23)19(28)24(9)14)18(27)20-5-10-2-3-12-13(4-10)22-30-21-12/h2-4,6,9,14,26H,5,7-8H2,1H3,(H,20,27)/t9-,14?/m0/s1. The van der Waals surface area contributed by atoms with Gasteiger partial charge in [-0.1, -0.05) is 6.07 Å². The summed E-state index contributed by atoms with van der Waals surface area (Å²) < 4.78 is 11.7.